The van der Waals surface area contributed by atoms with Gasteiger partial charge in [-0.3, -0.25) is 9.48 Å². The number of benzene rings is 1. The maximum Gasteiger partial charge on any atom is 0.246 e. The number of nitrogens with one attached hydrogen (secondary N) is 1. The monoisotopic (exact) mass is 404 g/mol. The summed E-state index contributed by atoms with van der Waals surface area (Å²) >= 11 is 0. The standard InChI is InChI=1S/C22H24N6O2/c1-3-20(30)27-8-9-28-18(12-27)21(13(2)26-28)17-11-14(22(24)25-17)10-16(23)15-6-4-5-7-19(15)29/h3-7,10-11,25,29H,1,8-9,12,23-24H2,2H3/b16-10-. The summed E-state index contributed by atoms with van der Waals surface area (Å²) < 4.78 is 1.93. The van der Waals surface area contributed by atoms with E-state index in [1.165, 1.54) is 6.08 Å². The number of nitrogen functional groups attached to an aromatic ring is 1. The predicted molar refractivity (Wildman–Crippen MR) is 117 cm³/mol. The number of nitrogens with zero attached hydrogens (tertiary/aromatic N) is 3. The molecule has 30 heavy (non-hydrogen) atoms. The number of aryl methyl sites for hydroxylation is 1. The lowest BCUT2D eigenvalue weighted by Gasteiger charge is -2.27. The Balaban J connectivity index is 1.72. The van der Waals surface area contributed by atoms with Crippen LogP contribution < -0.4 is 11.5 Å². The van der Waals surface area contributed by atoms with Gasteiger partial charge in [0.2, 0.25) is 5.91 Å². The molecule has 8 heteroatoms. The Labute approximate surface area is 174 Å². The van der Waals surface area contributed by atoms with Crippen molar-refractivity contribution in [2.75, 3.05) is 12.3 Å². The van der Waals surface area contributed by atoms with Crippen LogP contribution in [-0.4, -0.2) is 37.2 Å². The smallest absolute Gasteiger partial charge is 0.246 e. The lowest BCUT2D eigenvalue weighted by Crippen LogP contribution is -2.37. The molecule has 3 aromatic rings. The first kappa shape index (κ1) is 19.4. The summed E-state index contributed by atoms with van der Waals surface area (Å²) in [6, 6.07) is 8.78. The summed E-state index contributed by atoms with van der Waals surface area (Å²) in [6.07, 6.45) is 3.05. The zero-order valence-corrected chi connectivity index (χ0v) is 16.7. The van der Waals surface area contributed by atoms with Crippen LogP contribution in [-0.2, 0) is 17.9 Å². The second-order valence-electron chi connectivity index (χ2n) is 7.26. The Morgan fingerprint density at radius 2 is 2.10 bits per heavy atom. The van der Waals surface area contributed by atoms with Gasteiger partial charge < -0.3 is 26.5 Å². The molecular weight excluding hydrogens is 380 g/mol. The van der Waals surface area contributed by atoms with Crippen LogP contribution in [0, 0.1) is 6.92 Å². The normalized spacial score (nSPS) is 13.9. The van der Waals surface area contributed by atoms with Crippen LogP contribution in [0.4, 0.5) is 5.82 Å². The minimum Gasteiger partial charge on any atom is -0.507 e. The third-order valence-electron chi connectivity index (χ3n) is 5.32. The molecular formula is C22H24N6O2. The average Bonchev–Trinajstić information content (AvgIpc) is 3.25. The molecule has 0 saturated carbocycles. The van der Waals surface area contributed by atoms with Crippen molar-refractivity contribution in [3.8, 4) is 17.0 Å². The first-order valence-electron chi connectivity index (χ1n) is 9.61. The second kappa shape index (κ2) is 7.47. The fourth-order valence-corrected chi connectivity index (χ4v) is 3.82. The van der Waals surface area contributed by atoms with E-state index in [1.807, 2.05) is 17.7 Å². The Morgan fingerprint density at radius 3 is 2.83 bits per heavy atom. The van der Waals surface area contributed by atoms with Gasteiger partial charge in [0, 0.05) is 28.9 Å². The fraction of sp³-hybridized carbons (Fsp3) is 0.182. The highest BCUT2D eigenvalue weighted by Crippen LogP contribution is 2.33. The molecule has 8 nitrogen and oxygen atoms in total. The zero-order chi connectivity index (χ0) is 21.4. The number of carbonyl (C=O) groups excluding carboxylic acids is 1. The van der Waals surface area contributed by atoms with E-state index >= 15 is 0 Å². The van der Waals surface area contributed by atoms with Gasteiger partial charge in [-0.05, 0) is 37.3 Å². The van der Waals surface area contributed by atoms with E-state index < -0.39 is 0 Å². The van der Waals surface area contributed by atoms with Crippen molar-refractivity contribution >= 4 is 23.5 Å². The molecule has 0 radical (unpaired) electrons. The van der Waals surface area contributed by atoms with Crippen molar-refractivity contribution < 1.29 is 9.90 Å². The molecule has 0 aliphatic carbocycles. The van der Waals surface area contributed by atoms with E-state index in [9.17, 15) is 9.90 Å². The van der Waals surface area contributed by atoms with Gasteiger partial charge in [0.25, 0.3) is 0 Å². The topological polar surface area (TPSA) is 126 Å². The van der Waals surface area contributed by atoms with E-state index in [-0.39, 0.29) is 11.7 Å². The zero-order valence-electron chi connectivity index (χ0n) is 16.7. The number of phenols is 1. The number of H-pyrrole nitrogens is 1. The van der Waals surface area contributed by atoms with Crippen molar-refractivity contribution in [3.63, 3.8) is 0 Å². The molecule has 1 aliphatic rings. The first-order chi connectivity index (χ1) is 14.4. The van der Waals surface area contributed by atoms with Gasteiger partial charge in [0.05, 0.1) is 30.2 Å². The van der Waals surface area contributed by atoms with Gasteiger partial charge >= 0.3 is 0 Å². The number of anilines is 1. The minimum atomic E-state index is -0.101. The molecule has 0 unspecified atom stereocenters. The summed E-state index contributed by atoms with van der Waals surface area (Å²) in [6.45, 7) is 7.18. The highest BCUT2D eigenvalue weighted by molar-refractivity contribution is 5.88. The van der Waals surface area contributed by atoms with Crippen LogP contribution in [0.25, 0.3) is 23.0 Å². The number of fused-ring (bicyclic) bond motifs is 1. The summed E-state index contributed by atoms with van der Waals surface area (Å²) in [5.41, 5.74) is 17.6. The molecule has 1 aliphatic heterocycles. The van der Waals surface area contributed by atoms with Gasteiger partial charge in [-0.1, -0.05) is 18.7 Å². The highest BCUT2D eigenvalue weighted by Gasteiger charge is 2.26. The Bertz CT molecular complexity index is 1170. The predicted octanol–water partition coefficient (Wildman–Crippen LogP) is 2.46. The molecule has 0 atom stereocenters. The molecule has 1 amide bonds. The molecule has 4 rings (SSSR count). The van der Waals surface area contributed by atoms with Gasteiger partial charge in [0.1, 0.15) is 11.6 Å². The number of phenolic OH excluding ortho intramolecular Hbond substituents is 1. The van der Waals surface area contributed by atoms with Crippen LogP contribution in [0.3, 0.4) is 0 Å². The van der Waals surface area contributed by atoms with Crippen LogP contribution in [0.1, 0.15) is 22.5 Å². The number of aromatic hydroxyl groups is 1. The van der Waals surface area contributed by atoms with Crippen LogP contribution in [0.15, 0.2) is 43.0 Å². The maximum absolute atomic E-state index is 12.1. The summed E-state index contributed by atoms with van der Waals surface area (Å²) in [7, 11) is 0. The molecule has 154 valence electrons. The van der Waals surface area contributed by atoms with E-state index in [1.54, 1.807) is 35.2 Å². The molecule has 6 N–H and O–H groups in total. The quantitative estimate of drug-likeness (QED) is 0.497. The number of rotatable bonds is 4. The molecule has 0 fully saturated rings. The van der Waals surface area contributed by atoms with E-state index in [0.29, 0.717) is 42.3 Å². The Kier molecular flexibility index (Phi) is 4.83. The van der Waals surface area contributed by atoms with Crippen molar-refractivity contribution in [2.24, 2.45) is 5.73 Å². The Hall–Kier alpha value is -3.94. The summed E-state index contributed by atoms with van der Waals surface area (Å²) in [5.74, 6) is 0.461. The van der Waals surface area contributed by atoms with Crippen molar-refractivity contribution in [1.82, 2.24) is 19.7 Å². The maximum atomic E-state index is 12.1. The number of aromatic nitrogens is 3. The van der Waals surface area contributed by atoms with Crippen LogP contribution >= 0.6 is 0 Å². The number of carbonyl (C=O) groups is 1. The van der Waals surface area contributed by atoms with E-state index in [0.717, 1.165) is 22.6 Å². The van der Waals surface area contributed by atoms with E-state index in [4.69, 9.17) is 11.5 Å². The van der Waals surface area contributed by atoms with Crippen LogP contribution in [0.5, 0.6) is 5.75 Å². The third kappa shape index (κ3) is 3.32. The third-order valence-corrected chi connectivity index (χ3v) is 5.32. The van der Waals surface area contributed by atoms with Crippen molar-refractivity contribution in [3.05, 3.63) is 65.5 Å². The average molecular weight is 404 g/mol. The molecule has 1 aromatic carbocycles. The van der Waals surface area contributed by atoms with Gasteiger partial charge in [0.15, 0.2) is 0 Å². The largest absolute Gasteiger partial charge is 0.507 e. The molecule has 3 heterocycles. The van der Waals surface area contributed by atoms with Gasteiger partial charge in [-0.15, -0.1) is 0 Å². The minimum absolute atomic E-state index is 0.101. The number of para-hydroxylation sites is 1. The molecule has 2 aromatic heterocycles. The van der Waals surface area contributed by atoms with E-state index in [2.05, 4.69) is 16.7 Å². The second-order valence-corrected chi connectivity index (χ2v) is 7.26. The number of aromatic amines is 1. The van der Waals surface area contributed by atoms with Gasteiger partial charge in [-0.2, -0.15) is 5.10 Å². The van der Waals surface area contributed by atoms with Gasteiger partial charge in [-0.25, -0.2) is 0 Å². The molecule has 0 saturated heterocycles. The van der Waals surface area contributed by atoms with Crippen LogP contribution in [0.2, 0.25) is 0 Å². The number of hydrogen-bond donors (Lipinski definition) is 4. The number of nitrogens with two attached hydrogens (primary N) is 2. The lowest BCUT2D eigenvalue weighted by atomic mass is 10.1. The van der Waals surface area contributed by atoms with Crippen molar-refractivity contribution in [1.29, 1.82) is 0 Å². The number of amides is 1. The SMILES string of the molecule is C=CC(=O)N1CCn2nc(C)c(-c3cc(/C=C(\N)c4ccccc4O)c(N)[nH]3)c2C1. The lowest BCUT2D eigenvalue weighted by molar-refractivity contribution is -0.127. The summed E-state index contributed by atoms with van der Waals surface area (Å²) in [5, 5.41) is 14.7. The molecule has 0 spiro atoms. The number of hydrogen-bond acceptors (Lipinski definition) is 5. The highest BCUT2D eigenvalue weighted by atomic mass is 16.3. The first-order valence-corrected chi connectivity index (χ1v) is 9.61. The fourth-order valence-electron chi connectivity index (χ4n) is 3.82. The molecule has 0 bridgehead atoms. The Morgan fingerprint density at radius 1 is 1.33 bits per heavy atom. The summed E-state index contributed by atoms with van der Waals surface area (Å²) in [4.78, 5) is 17.0. The van der Waals surface area contributed by atoms with Crippen molar-refractivity contribution in [2.45, 2.75) is 20.0 Å².